The van der Waals surface area contributed by atoms with Crippen molar-refractivity contribution in [2.45, 2.75) is 31.8 Å². The van der Waals surface area contributed by atoms with Crippen LogP contribution in [-0.4, -0.2) is 30.7 Å². The molecule has 1 aliphatic heterocycles. The van der Waals surface area contributed by atoms with Crippen LogP contribution in [-0.2, 0) is 11.3 Å². The highest BCUT2D eigenvalue weighted by molar-refractivity contribution is 5.31. The first kappa shape index (κ1) is 12.7. The monoisotopic (exact) mass is 256 g/mol. The van der Waals surface area contributed by atoms with Crippen molar-refractivity contribution in [3.63, 3.8) is 0 Å². The lowest BCUT2D eigenvalue weighted by Crippen LogP contribution is -2.31. The molecular formula is C16H20N2O. The SMILES string of the molecule is N#Cc1ccc(CN(C[C@H]2CCOC2)C2CC2)cc1. The van der Waals surface area contributed by atoms with E-state index in [1.165, 1.54) is 24.8 Å². The van der Waals surface area contributed by atoms with E-state index in [9.17, 15) is 0 Å². The maximum absolute atomic E-state index is 8.82. The number of hydrogen-bond donors (Lipinski definition) is 0. The molecule has 3 rings (SSSR count). The highest BCUT2D eigenvalue weighted by Gasteiger charge is 2.31. The Bertz CT molecular complexity index is 453. The first-order valence-electron chi connectivity index (χ1n) is 7.16. The van der Waals surface area contributed by atoms with Gasteiger partial charge in [0.05, 0.1) is 18.2 Å². The first-order valence-corrected chi connectivity index (χ1v) is 7.16. The predicted octanol–water partition coefficient (Wildman–Crippen LogP) is 2.56. The molecule has 2 aliphatic rings. The Labute approximate surface area is 114 Å². The molecule has 0 bridgehead atoms. The molecule has 1 heterocycles. The standard InChI is InChI=1S/C16H20N2O/c17-9-13-1-3-14(4-2-13)10-18(16-5-6-16)11-15-7-8-19-12-15/h1-4,15-16H,5-8,10-12H2/t15-/m1/s1. The van der Waals surface area contributed by atoms with Gasteiger partial charge in [0.1, 0.15) is 0 Å². The number of rotatable bonds is 5. The molecule has 100 valence electrons. The van der Waals surface area contributed by atoms with Gasteiger partial charge in [-0.2, -0.15) is 5.26 Å². The van der Waals surface area contributed by atoms with Crippen molar-refractivity contribution in [2.75, 3.05) is 19.8 Å². The van der Waals surface area contributed by atoms with Gasteiger partial charge in [0.2, 0.25) is 0 Å². The summed E-state index contributed by atoms with van der Waals surface area (Å²) in [6.45, 7) is 4.02. The molecule has 1 atom stereocenters. The molecule has 1 aromatic rings. The van der Waals surface area contributed by atoms with Crippen molar-refractivity contribution in [2.24, 2.45) is 5.92 Å². The summed E-state index contributed by atoms with van der Waals surface area (Å²) in [5, 5.41) is 8.82. The largest absolute Gasteiger partial charge is 0.381 e. The summed E-state index contributed by atoms with van der Waals surface area (Å²) in [6, 6.07) is 10.9. The Morgan fingerprint density at radius 1 is 1.21 bits per heavy atom. The maximum atomic E-state index is 8.82. The normalized spacial score (nSPS) is 22.6. The average molecular weight is 256 g/mol. The average Bonchev–Trinajstić information content (AvgIpc) is 3.17. The zero-order valence-electron chi connectivity index (χ0n) is 11.2. The molecule has 0 radical (unpaired) electrons. The quantitative estimate of drug-likeness (QED) is 0.812. The molecular weight excluding hydrogens is 236 g/mol. The summed E-state index contributed by atoms with van der Waals surface area (Å²) in [5.74, 6) is 0.707. The Morgan fingerprint density at radius 2 is 2.00 bits per heavy atom. The van der Waals surface area contributed by atoms with Crippen molar-refractivity contribution >= 4 is 0 Å². The van der Waals surface area contributed by atoms with E-state index in [0.29, 0.717) is 5.92 Å². The third kappa shape index (κ3) is 3.34. The molecule has 0 N–H and O–H groups in total. The van der Waals surface area contributed by atoms with E-state index in [2.05, 4.69) is 23.1 Å². The van der Waals surface area contributed by atoms with E-state index in [1.54, 1.807) is 0 Å². The number of hydrogen-bond acceptors (Lipinski definition) is 3. The summed E-state index contributed by atoms with van der Waals surface area (Å²) >= 11 is 0. The molecule has 0 amide bonds. The molecule has 0 unspecified atom stereocenters. The van der Waals surface area contributed by atoms with E-state index in [1.807, 2.05) is 12.1 Å². The summed E-state index contributed by atoms with van der Waals surface area (Å²) in [6.07, 6.45) is 3.88. The van der Waals surface area contributed by atoms with Crippen LogP contribution in [0.4, 0.5) is 0 Å². The number of ether oxygens (including phenoxy) is 1. The van der Waals surface area contributed by atoms with Crippen LogP contribution in [0.2, 0.25) is 0 Å². The van der Waals surface area contributed by atoms with Crippen LogP contribution in [0, 0.1) is 17.2 Å². The second-order valence-corrected chi connectivity index (χ2v) is 5.70. The Morgan fingerprint density at radius 3 is 2.58 bits per heavy atom. The van der Waals surface area contributed by atoms with Gasteiger partial charge in [-0.15, -0.1) is 0 Å². The van der Waals surface area contributed by atoms with Crippen LogP contribution in [0.5, 0.6) is 0 Å². The van der Waals surface area contributed by atoms with Gasteiger partial charge in [-0.1, -0.05) is 12.1 Å². The van der Waals surface area contributed by atoms with Gasteiger partial charge in [0.15, 0.2) is 0 Å². The van der Waals surface area contributed by atoms with Crippen LogP contribution in [0.1, 0.15) is 30.4 Å². The van der Waals surface area contributed by atoms with Crippen LogP contribution in [0.3, 0.4) is 0 Å². The highest BCUT2D eigenvalue weighted by atomic mass is 16.5. The fraction of sp³-hybridized carbons (Fsp3) is 0.562. The van der Waals surface area contributed by atoms with Crippen LogP contribution < -0.4 is 0 Å². The summed E-state index contributed by atoms with van der Waals surface area (Å²) in [4.78, 5) is 2.60. The Kier molecular flexibility index (Phi) is 3.82. The highest BCUT2D eigenvalue weighted by Crippen LogP contribution is 2.30. The van der Waals surface area contributed by atoms with E-state index in [0.717, 1.165) is 37.9 Å². The van der Waals surface area contributed by atoms with Gasteiger partial charge < -0.3 is 4.74 Å². The number of nitriles is 1. The van der Waals surface area contributed by atoms with Crippen molar-refractivity contribution in [1.82, 2.24) is 4.90 Å². The first-order chi connectivity index (χ1) is 9.35. The van der Waals surface area contributed by atoms with Gasteiger partial charge in [-0.05, 0) is 42.9 Å². The Hall–Kier alpha value is -1.37. The van der Waals surface area contributed by atoms with Gasteiger partial charge in [0.25, 0.3) is 0 Å². The fourth-order valence-electron chi connectivity index (χ4n) is 2.76. The van der Waals surface area contributed by atoms with Gasteiger partial charge in [-0.3, -0.25) is 4.90 Å². The minimum atomic E-state index is 0.707. The van der Waals surface area contributed by atoms with Gasteiger partial charge in [0, 0.05) is 25.7 Å². The summed E-state index contributed by atoms with van der Waals surface area (Å²) in [7, 11) is 0. The smallest absolute Gasteiger partial charge is 0.0991 e. The molecule has 1 aliphatic carbocycles. The third-order valence-electron chi connectivity index (χ3n) is 4.05. The maximum Gasteiger partial charge on any atom is 0.0991 e. The van der Waals surface area contributed by atoms with Crippen LogP contribution in [0.25, 0.3) is 0 Å². The lowest BCUT2D eigenvalue weighted by molar-refractivity contribution is 0.161. The minimum Gasteiger partial charge on any atom is -0.381 e. The fourth-order valence-corrected chi connectivity index (χ4v) is 2.76. The molecule has 1 saturated carbocycles. The van der Waals surface area contributed by atoms with Crippen molar-refractivity contribution in [1.29, 1.82) is 5.26 Å². The van der Waals surface area contributed by atoms with Crippen LogP contribution >= 0.6 is 0 Å². The number of benzene rings is 1. The topological polar surface area (TPSA) is 36.3 Å². The van der Waals surface area contributed by atoms with Gasteiger partial charge in [-0.25, -0.2) is 0 Å². The zero-order valence-corrected chi connectivity index (χ0v) is 11.2. The number of nitrogens with zero attached hydrogens (tertiary/aromatic N) is 2. The van der Waals surface area contributed by atoms with E-state index in [-0.39, 0.29) is 0 Å². The molecule has 2 fully saturated rings. The molecule has 1 saturated heterocycles. The summed E-state index contributed by atoms with van der Waals surface area (Å²) in [5.41, 5.74) is 2.05. The molecule has 1 aromatic carbocycles. The van der Waals surface area contributed by atoms with Crippen molar-refractivity contribution in [3.05, 3.63) is 35.4 Å². The minimum absolute atomic E-state index is 0.707. The molecule has 3 heteroatoms. The second kappa shape index (κ2) is 5.73. The molecule has 3 nitrogen and oxygen atoms in total. The Balaban J connectivity index is 1.61. The van der Waals surface area contributed by atoms with E-state index >= 15 is 0 Å². The van der Waals surface area contributed by atoms with Crippen molar-refractivity contribution in [3.8, 4) is 6.07 Å². The third-order valence-corrected chi connectivity index (χ3v) is 4.05. The zero-order chi connectivity index (χ0) is 13.1. The van der Waals surface area contributed by atoms with Crippen molar-refractivity contribution < 1.29 is 4.74 Å². The lowest BCUT2D eigenvalue weighted by atomic mass is 10.1. The molecule has 19 heavy (non-hydrogen) atoms. The molecule has 0 aromatic heterocycles. The lowest BCUT2D eigenvalue weighted by Gasteiger charge is -2.24. The van der Waals surface area contributed by atoms with Gasteiger partial charge >= 0.3 is 0 Å². The van der Waals surface area contributed by atoms with E-state index < -0.39 is 0 Å². The molecule has 0 spiro atoms. The van der Waals surface area contributed by atoms with Crippen LogP contribution in [0.15, 0.2) is 24.3 Å². The van der Waals surface area contributed by atoms with E-state index in [4.69, 9.17) is 10.00 Å². The summed E-state index contributed by atoms with van der Waals surface area (Å²) < 4.78 is 5.48. The predicted molar refractivity (Wildman–Crippen MR) is 73.5 cm³/mol. The second-order valence-electron chi connectivity index (χ2n) is 5.70.